The summed E-state index contributed by atoms with van der Waals surface area (Å²) in [7, 11) is 0. The molecular formula is C26H23N3O3. The normalized spacial score (nSPS) is 11.0. The lowest BCUT2D eigenvalue weighted by molar-refractivity contribution is -0.125. The third-order valence-electron chi connectivity index (χ3n) is 4.68. The van der Waals surface area contributed by atoms with E-state index >= 15 is 0 Å². The summed E-state index contributed by atoms with van der Waals surface area (Å²) in [6, 6.07) is 24.0. The first-order valence-electron chi connectivity index (χ1n) is 10.1. The maximum absolute atomic E-state index is 12.8. The fourth-order valence-corrected chi connectivity index (χ4v) is 3.07. The van der Waals surface area contributed by atoms with Crippen LogP contribution in [0.4, 0.5) is 5.69 Å². The molecule has 0 aliphatic heterocycles. The third kappa shape index (κ3) is 6.57. The number of carbonyl (C=O) groups is 3. The SMILES string of the molecule is C#Cc1cccc(NC(=O)CNC(=O)C(Cc2ccccc2)NC(=O)c2ccccc2)c1. The average molecular weight is 425 g/mol. The molecule has 1 atom stereocenters. The topological polar surface area (TPSA) is 87.3 Å². The van der Waals surface area contributed by atoms with Crippen LogP contribution in [0.3, 0.4) is 0 Å². The average Bonchev–Trinajstić information content (AvgIpc) is 2.83. The van der Waals surface area contributed by atoms with Crippen molar-refractivity contribution in [3.8, 4) is 12.3 Å². The first-order chi connectivity index (χ1) is 15.5. The number of terminal acetylenes is 1. The highest BCUT2D eigenvalue weighted by atomic mass is 16.2. The van der Waals surface area contributed by atoms with Gasteiger partial charge in [0.15, 0.2) is 0 Å². The molecule has 0 aromatic heterocycles. The second kappa shape index (κ2) is 11.1. The molecule has 0 aliphatic carbocycles. The van der Waals surface area contributed by atoms with E-state index in [1.54, 1.807) is 48.5 Å². The number of hydrogen-bond donors (Lipinski definition) is 3. The lowest BCUT2D eigenvalue weighted by Crippen LogP contribution is -2.49. The van der Waals surface area contributed by atoms with Gasteiger partial charge in [0.25, 0.3) is 5.91 Å². The minimum absolute atomic E-state index is 0.244. The lowest BCUT2D eigenvalue weighted by atomic mass is 10.0. The van der Waals surface area contributed by atoms with Gasteiger partial charge < -0.3 is 16.0 Å². The molecule has 3 amide bonds. The fourth-order valence-electron chi connectivity index (χ4n) is 3.07. The van der Waals surface area contributed by atoms with E-state index in [2.05, 4.69) is 21.9 Å². The van der Waals surface area contributed by atoms with Crippen LogP contribution in [0.1, 0.15) is 21.5 Å². The maximum atomic E-state index is 12.8. The van der Waals surface area contributed by atoms with Crippen molar-refractivity contribution in [1.29, 1.82) is 0 Å². The van der Waals surface area contributed by atoms with Crippen LogP contribution in [-0.4, -0.2) is 30.3 Å². The summed E-state index contributed by atoms with van der Waals surface area (Å²) in [5.74, 6) is 1.28. The molecular weight excluding hydrogens is 402 g/mol. The lowest BCUT2D eigenvalue weighted by Gasteiger charge is -2.19. The molecule has 6 heteroatoms. The highest BCUT2D eigenvalue weighted by Gasteiger charge is 2.22. The Hall–Kier alpha value is -4.37. The van der Waals surface area contributed by atoms with E-state index < -0.39 is 17.9 Å². The molecule has 6 nitrogen and oxygen atoms in total. The van der Waals surface area contributed by atoms with E-state index in [4.69, 9.17) is 6.42 Å². The van der Waals surface area contributed by atoms with Gasteiger partial charge in [-0.1, -0.05) is 60.5 Å². The van der Waals surface area contributed by atoms with Crippen molar-refractivity contribution in [1.82, 2.24) is 10.6 Å². The molecule has 0 fully saturated rings. The molecule has 1 unspecified atom stereocenters. The van der Waals surface area contributed by atoms with Crippen molar-refractivity contribution in [3.05, 3.63) is 102 Å². The number of benzene rings is 3. The highest BCUT2D eigenvalue weighted by Crippen LogP contribution is 2.09. The smallest absolute Gasteiger partial charge is 0.251 e. The van der Waals surface area contributed by atoms with Crippen LogP contribution in [0, 0.1) is 12.3 Å². The van der Waals surface area contributed by atoms with Crippen molar-refractivity contribution in [2.75, 3.05) is 11.9 Å². The van der Waals surface area contributed by atoms with Gasteiger partial charge in [-0.25, -0.2) is 0 Å². The third-order valence-corrected chi connectivity index (χ3v) is 4.68. The summed E-state index contributed by atoms with van der Waals surface area (Å²) in [6.07, 6.45) is 5.66. The van der Waals surface area contributed by atoms with E-state index in [9.17, 15) is 14.4 Å². The molecule has 0 saturated heterocycles. The molecule has 3 aromatic rings. The van der Waals surface area contributed by atoms with Crippen LogP contribution < -0.4 is 16.0 Å². The van der Waals surface area contributed by atoms with E-state index in [0.717, 1.165) is 5.56 Å². The molecule has 0 heterocycles. The molecule has 0 saturated carbocycles. The van der Waals surface area contributed by atoms with Gasteiger partial charge in [0, 0.05) is 23.2 Å². The predicted octanol–water partition coefficient (Wildman–Crippen LogP) is 2.76. The Balaban J connectivity index is 1.64. The number of amides is 3. The minimum atomic E-state index is -0.845. The van der Waals surface area contributed by atoms with Gasteiger partial charge in [0.2, 0.25) is 11.8 Å². The molecule has 3 rings (SSSR count). The van der Waals surface area contributed by atoms with Crippen molar-refractivity contribution in [3.63, 3.8) is 0 Å². The van der Waals surface area contributed by atoms with Crippen LogP contribution in [0.25, 0.3) is 0 Å². The van der Waals surface area contributed by atoms with Gasteiger partial charge in [-0.3, -0.25) is 14.4 Å². The second-order valence-electron chi connectivity index (χ2n) is 7.07. The monoisotopic (exact) mass is 425 g/mol. The van der Waals surface area contributed by atoms with Gasteiger partial charge in [0.1, 0.15) is 6.04 Å². The van der Waals surface area contributed by atoms with Crippen LogP contribution in [-0.2, 0) is 16.0 Å². The van der Waals surface area contributed by atoms with Gasteiger partial charge >= 0.3 is 0 Å². The van der Waals surface area contributed by atoms with Crippen molar-refractivity contribution in [2.45, 2.75) is 12.5 Å². The van der Waals surface area contributed by atoms with Crippen molar-refractivity contribution < 1.29 is 14.4 Å². The summed E-state index contributed by atoms with van der Waals surface area (Å²) in [4.78, 5) is 37.7. The Morgan fingerprint density at radius 3 is 2.25 bits per heavy atom. The van der Waals surface area contributed by atoms with E-state index in [1.807, 2.05) is 36.4 Å². The molecule has 3 aromatic carbocycles. The first kappa shape index (κ1) is 22.3. The van der Waals surface area contributed by atoms with E-state index in [1.165, 1.54) is 0 Å². The van der Waals surface area contributed by atoms with Crippen LogP contribution in [0.5, 0.6) is 0 Å². The molecule has 32 heavy (non-hydrogen) atoms. The van der Waals surface area contributed by atoms with E-state index in [-0.39, 0.29) is 18.9 Å². The summed E-state index contributed by atoms with van der Waals surface area (Å²) in [6.45, 7) is -0.244. The Bertz CT molecular complexity index is 1120. The molecule has 3 N–H and O–H groups in total. The molecule has 0 aliphatic rings. The van der Waals surface area contributed by atoms with Crippen molar-refractivity contribution in [2.24, 2.45) is 0 Å². The minimum Gasteiger partial charge on any atom is -0.345 e. The highest BCUT2D eigenvalue weighted by molar-refractivity contribution is 5.99. The quantitative estimate of drug-likeness (QED) is 0.485. The van der Waals surface area contributed by atoms with Crippen LogP contribution >= 0.6 is 0 Å². The number of anilines is 1. The number of nitrogens with one attached hydrogen (secondary N) is 3. The zero-order chi connectivity index (χ0) is 22.8. The summed E-state index contributed by atoms with van der Waals surface area (Å²) in [5.41, 5.74) is 2.51. The largest absolute Gasteiger partial charge is 0.345 e. The predicted molar refractivity (Wildman–Crippen MR) is 124 cm³/mol. The van der Waals surface area contributed by atoms with Gasteiger partial charge in [-0.15, -0.1) is 6.42 Å². The Morgan fingerprint density at radius 2 is 1.56 bits per heavy atom. The first-order valence-corrected chi connectivity index (χ1v) is 10.1. The maximum Gasteiger partial charge on any atom is 0.251 e. The zero-order valence-corrected chi connectivity index (χ0v) is 17.4. The van der Waals surface area contributed by atoms with Gasteiger partial charge in [0.05, 0.1) is 6.54 Å². The standard InChI is InChI=1S/C26H23N3O3/c1-2-19-12-9-15-22(16-19)28-24(30)18-27-26(32)23(17-20-10-5-3-6-11-20)29-25(31)21-13-7-4-8-14-21/h1,3-16,23H,17-18H2,(H,27,32)(H,28,30)(H,29,31). The van der Waals surface area contributed by atoms with Gasteiger partial charge in [-0.05, 0) is 35.9 Å². The Labute approximate surface area is 187 Å². The Morgan fingerprint density at radius 1 is 0.875 bits per heavy atom. The molecule has 160 valence electrons. The molecule has 0 spiro atoms. The summed E-state index contributed by atoms with van der Waals surface area (Å²) >= 11 is 0. The number of carbonyl (C=O) groups excluding carboxylic acids is 3. The van der Waals surface area contributed by atoms with Crippen molar-refractivity contribution >= 4 is 23.4 Å². The molecule has 0 radical (unpaired) electrons. The van der Waals surface area contributed by atoms with Crippen LogP contribution in [0.15, 0.2) is 84.9 Å². The number of rotatable bonds is 8. The summed E-state index contributed by atoms with van der Waals surface area (Å²) < 4.78 is 0. The Kier molecular flexibility index (Phi) is 7.77. The number of hydrogen-bond acceptors (Lipinski definition) is 3. The zero-order valence-electron chi connectivity index (χ0n) is 17.4. The van der Waals surface area contributed by atoms with Crippen LogP contribution in [0.2, 0.25) is 0 Å². The van der Waals surface area contributed by atoms with E-state index in [0.29, 0.717) is 16.8 Å². The molecule has 0 bridgehead atoms. The fraction of sp³-hybridized carbons (Fsp3) is 0.115. The van der Waals surface area contributed by atoms with Gasteiger partial charge in [-0.2, -0.15) is 0 Å². The summed E-state index contributed by atoms with van der Waals surface area (Å²) in [5, 5.41) is 8.06. The second-order valence-corrected chi connectivity index (χ2v) is 7.07.